The molecule has 0 saturated heterocycles. The zero-order valence-corrected chi connectivity index (χ0v) is 10.9. The van der Waals surface area contributed by atoms with E-state index in [1.54, 1.807) is 19.2 Å². The smallest absolute Gasteiger partial charge is 0.408 e. The summed E-state index contributed by atoms with van der Waals surface area (Å²) in [5.41, 5.74) is 2.03. The lowest BCUT2D eigenvalue weighted by Gasteiger charge is -2.14. The third kappa shape index (κ3) is 2.47. The number of fused-ring (bicyclic) bond motifs is 1. The Morgan fingerprint density at radius 3 is 2.83 bits per heavy atom. The van der Waals surface area contributed by atoms with Crippen LogP contribution in [0.25, 0.3) is 11.1 Å². The highest BCUT2D eigenvalue weighted by Gasteiger charge is 2.12. The molecular weight excluding hydrogens is 232 g/mol. The fourth-order valence-corrected chi connectivity index (χ4v) is 1.90. The van der Waals surface area contributed by atoms with Crippen LogP contribution in [0.1, 0.15) is 18.1 Å². The predicted octanol–water partition coefficient (Wildman–Crippen LogP) is 1.12. The van der Waals surface area contributed by atoms with Gasteiger partial charge in [-0.25, -0.2) is 4.79 Å². The molecule has 1 aromatic carbocycles. The van der Waals surface area contributed by atoms with E-state index in [-0.39, 0.29) is 5.76 Å². The summed E-state index contributed by atoms with van der Waals surface area (Å²) >= 11 is 0. The van der Waals surface area contributed by atoms with Crippen LogP contribution < -0.4 is 5.76 Å². The second-order valence-corrected chi connectivity index (χ2v) is 4.76. The van der Waals surface area contributed by atoms with Gasteiger partial charge in [0, 0.05) is 13.6 Å². The van der Waals surface area contributed by atoms with Crippen molar-refractivity contribution in [3.8, 4) is 0 Å². The molecule has 0 aliphatic carbocycles. The van der Waals surface area contributed by atoms with Gasteiger partial charge >= 0.3 is 5.76 Å². The molecule has 0 amide bonds. The topological polar surface area (TPSA) is 58.6 Å². The highest BCUT2D eigenvalue weighted by atomic mass is 16.4. The van der Waals surface area contributed by atoms with Crippen molar-refractivity contribution in [2.45, 2.75) is 12.5 Å². The van der Waals surface area contributed by atoms with E-state index in [1.807, 2.05) is 25.1 Å². The average molecular weight is 250 g/mol. The molecule has 5 heteroatoms. The summed E-state index contributed by atoms with van der Waals surface area (Å²) in [5.74, 6) is -0.384. The number of rotatable bonds is 4. The van der Waals surface area contributed by atoms with Crippen molar-refractivity contribution in [2.24, 2.45) is 7.05 Å². The molecule has 2 aromatic rings. The first-order chi connectivity index (χ1) is 8.49. The number of aryl methyl sites for hydroxylation is 1. The number of aliphatic hydroxyl groups is 1. The quantitative estimate of drug-likeness (QED) is 0.883. The predicted molar refractivity (Wildman–Crippen MR) is 69.6 cm³/mol. The van der Waals surface area contributed by atoms with Crippen molar-refractivity contribution in [3.05, 3.63) is 34.3 Å². The first-order valence-corrected chi connectivity index (χ1v) is 5.91. The van der Waals surface area contributed by atoms with E-state index in [0.29, 0.717) is 12.0 Å². The zero-order valence-electron chi connectivity index (χ0n) is 10.9. The molecule has 0 aliphatic rings. The van der Waals surface area contributed by atoms with Gasteiger partial charge in [-0.2, -0.15) is 0 Å². The standard InChI is InChI=1S/C13H18N2O3/c1-14(2)7-6-11(16)9-4-5-10-12(8-9)18-13(17)15(10)3/h4-5,8,11,16H,6-7H2,1-3H3. The van der Waals surface area contributed by atoms with Crippen LogP contribution in [0.5, 0.6) is 0 Å². The van der Waals surface area contributed by atoms with Crippen LogP contribution in [0, 0.1) is 0 Å². The zero-order chi connectivity index (χ0) is 13.3. The maximum absolute atomic E-state index is 11.4. The molecule has 1 heterocycles. The van der Waals surface area contributed by atoms with Crippen molar-refractivity contribution >= 4 is 11.1 Å². The normalized spacial score (nSPS) is 13.4. The van der Waals surface area contributed by atoms with E-state index >= 15 is 0 Å². The molecule has 0 bridgehead atoms. The summed E-state index contributed by atoms with van der Waals surface area (Å²) in [7, 11) is 5.59. The van der Waals surface area contributed by atoms with Gasteiger partial charge in [0.15, 0.2) is 5.58 Å². The molecule has 5 nitrogen and oxygen atoms in total. The van der Waals surface area contributed by atoms with Crippen LogP contribution in [-0.4, -0.2) is 35.2 Å². The summed E-state index contributed by atoms with van der Waals surface area (Å²) < 4.78 is 6.55. The van der Waals surface area contributed by atoms with Crippen molar-refractivity contribution in [1.82, 2.24) is 9.47 Å². The molecule has 18 heavy (non-hydrogen) atoms. The molecule has 2 rings (SSSR count). The van der Waals surface area contributed by atoms with Crippen molar-refractivity contribution in [1.29, 1.82) is 0 Å². The Morgan fingerprint density at radius 2 is 2.17 bits per heavy atom. The van der Waals surface area contributed by atoms with E-state index in [4.69, 9.17) is 4.42 Å². The number of hydrogen-bond acceptors (Lipinski definition) is 4. The third-order valence-corrected chi connectivity index (χ3v) is 3.05. The van der Waals surface area contributed by atoms with Gasteiger partial charge in [-0.3, -0.25) is 4.57 Å². The molecule has 0 fully saturated rings. The third-order valence-electron chi connectivity index (χ3n) is 3.05. The number of nitrogens with zero attached hydrogens (tertiary/aromatic N) is 2. The second-order valence-electron chi connectivity index (χ2n) is 4.76. The van der Waals surface area contributed by atoms with Crippen LogP contribution in [0.2, 0.25) is 0 Å². The largest absolute Gasteiger partial charge is 0.419 e. The molecule has 1 atom stereocenters. The van der Waals surface area contributed by atoms with Crippen molar-refractivity contribution in [3.63, 3.8) is 0 Å². The Balaban J connectivity index is 2.27. The summed E-state index contributed by atoms with van der Waals surface area (Å²) in [5, 5.41) is 10.1. The SMILES string of the molecule is CN(C)CCC(O)c1ccc2c(c1)oc(=O)n2C. The van der Waals surface area contributed by atoms with Gasteiger partial charge in [0.1, 0.15) is 0 Å². The second kappa shape index (κ2) is 4.96. The molecule has 0 radical (unpaired) electrons. The summed E-state index contributed by atoms with van der Waals surface area (Å²) in [4.78, 5) is 13.4. The minimum absolute atomic E-state index is 0.384. The van der Waals surface area contributed by atoms with Crippen LogP contribution >= 0.6 is 0 Å². The molecule has 0 aliphatic heterocycles. The lowest BCUT2D eigenvalue weighted by Crippen LogP contribution is -2.15. The van der Waals surface area contributed by atoms with Gasteiger partial charge in [-0.15, -0.1) is 0 Å². The highest BCUT2D eigenvalue weighted by Crippen LogP contribution is 2.21. The Bertz CT molecular complexity index is 598. The maximum atomic E-state index is 11.4. The number of aromatic nitrogens is 1. The first kappa shape index (κ1) is 12.9. The van der Waals surface area contributed by atoms with Crippen LogP contribution in [0.4, 0.5) is 0 Å². The van der Waals surface area contributed by atoms with Crippen LogP contribution in [0.15, 0.2) is 27.4 Å². The van der Waals surface area contributed by atoms with Crippen molar-refractivity contribution < 1.29 is 9.52 Å². The summed E-state index contributed by atoms with van der Waals surface area (Å²) in [6.45, 7) is 0.804. The first-order valence-electron chi connectivity index (χ1n) is 5.91. The minimum Gasteiger partial charge on any atom is -0.408 e. The molecule has 98 valence electrons. The number of hydrogen-bond donors (Lipinski definition) is 1. The van der Waals surface area contributed by atoms with Gasteiger partial charge in [-0.05, 0) is 38.2 Å². The Hall–Kier alpha value is -1.59. The summed E-state index contributed by atoms with van der Waals surface area (Å²) in [6, 6.07) is 5.36. The van der Waals surface area contributed by atoms with E-state index in [2.05, 4.69) is 0 Å². The summed E-state index contributed by atoms with van der Waals surface area (Å²) in [6.07, 6.45) is 0.109. The lowest BCUT2D eigenvalue weighted by atomic mass is 10.1. The lowest BCUT2D eigenvalue weighted by molar-refractivity contribution is 0.154. The number of aliphatic hydroxyl groups excluding tert-OH is 1. The van der Waals surface area contributed by atoms with Crippen molar-refractivity contribution in [2.75, 3.05) is 20.6 Å². The molecular formula is C13H18N2O3. The maximum Gasteiger partial charge on any atom is 0.419 e. The van der Waals surface area contributed by atoms with Gasteiger partial charge in [0.05, 0.1) is 11.6 Å². The fraction of sp³-hybridized carbons (Fsp3) is 0.462. The van der Waals surface area contributed by atoms with Gasteiger partial charge in [-0.1, -0.05) is 6.07 Å². The molecule has 1 aromatic heterocycles. The van der Waals surface area contributed by atoms with E-state index in [0.717, 1.165) is 17.6 Å². The Kier molecular flexibility index (Phi) is 3.54. The monoisotopic (exact) mass is 250 g/mol. The van der Waals surface area contributed by atoms with Crippen LogP contribution in [0.3, 0.4) is 0 Å². The van der Waals surface area contributed by atoms with Crippen LogP contribution in [-0.2, 0) is 7.05 Å². The fourth-order valence-electron chi connectivity index (χ4n) is 1.90. The van der Waals surface area contributed by atoms with E-state index in [9.17, 15) is 9.90 Å². The molecule has 0 saturated carbocycles. The highest BCUT2D eigenvalue weighted by molar-refractivity contribution is 5.73. The molecule has 0 spiro atoms. The molecule has 1 N–H and O–H groups in total. The number of benzene rings is 1. The van der Waals surface area contributed by atoms with E-state index < -0.39 is 6.10 Å². The molecule has 1 unspecified atom stereocenters. The number of oxazole rings is 1. The Morgan fingerprint density at radius 1 is 1.44 bits per heavy atom. The van der Waals surface area contributed by atoms with E-state index in [1.165, 1.54) is 4.57 Å². The average Bonchev–Trinajstić information content (AvgIpc) is 2.61. The minimum atomic E-state index is -0.540. The Labute approximate surface area is 105 Å². The van der Waals surface area contributed by atoms with Gasteiger partial charge < -0.3 is 14.4 Å². The van der Waals surface area contributed by atoms with Gasteiger partial charge in [0.2, 0.25) is 0 Å². The van der Waals surface area contributed by atoms with Gasteiger partial charge in [0.25, 0.3) is 0 Å².